The van der Waals surface area contributed by atoms with E-state index in [1.165, 1.54) is 0 Å². The van der Waals surface area contributed by atoms with E-state index < -0.39 is 24.1 Å². The number of carboxylic acid groups (broad SMARTS) is 2. The molecule has 1 aromatic carbocycles. The van der Waals surface area contributed by atoms with E-state index in [2.05, 4.69) is 29.8 Å². The lowest BCUT2D eigenvalue weighted by atomic mass is 9.92. The molecule has 0 atom stereocenters. The zero-order valence-corrected chi connectivity index (χ0v) is 16.3. The van der Waals surface area contributed by atoms with Crippen molar-refractivity contribution in [2.75, 3.05) is 19.8 Å². The van der Waals surface area contributed by atoms with Crippen LogP contribution in [0.25, 0.3) is 0 Å². The Morgan fingerprint density at radius 2 is 1.81 bits per heavy atom. The minimum Gasteiger partial charge on any atom is -0.487 e. The first kappa shape index (κ1) is 20.7. The molecule has 0 bridgehead atoms. The van der Waals surface area contributed by atoms with Crippen LogP contribution in [-0.4, -0.2) is 48.3 Å². The molecule has 8 heteroatoms. The van der Waals surface area contributed by atoms with Crippen molar-refractivity contribution in [3.63, 3.8) is 0 Å². The van der Waals surface area contributed by atoms with Gasteiger partial charge in [0.05, 0.1) is 30.5 Å². The number of rotatable bonds is 8. The van der Waals surface area contributed by atoms with Crippen molar-refractivity contribution < 1.29 is 34.0 Å². The van der Waals surface area contributed by atoms with Crippen LogP contribution in [0.5, 0.6) is 5.75 Å². The van der Waals surface area contributed by atoms with Crippen LogP contribution in [0.1, 0.15) is 38.2 Å². The van der Waals surface area contributed by atoms with Gasteiger partial charge in [-0.2, -0.15) is 0 Å². The van der Waals surface area contributed by atoms with Crippen LogP contribution >= 0.6 is 15.9 Å². The molecule has 0 saturated carbocycles. The molecule has 0 unspecified atom stereocenters. The van der Waals surface area contributed by atoms with Crippen molar-refractivity contribution in [1.82, 2.24) is 0 Å². The van der Waals surface area contributed by atoms with Crippen molar-refractivity contribution in [1.29, 1.82) is 0 Å². The first-order chi connectivity index (χ1) is 12.2. The summed E-state index contributed by atoms with van der Waals surface area (Å²) in [7, 11) is 0. The van der Waals surface area contributed by atoms with E-state index in [0.29, 0.717) is 29.0 Å². The van der Waals surface area contributed by atoms with Gasteiger partial charge in [-0.05, 0) is 33.6 Å². The first-order valence-corrected chi connectivity index (χ1v) is 9.04. The SMILES string of the molecule is CC1(C)COC(COc2cc(C(CC(=O)O)CC(=O)O)ccc2Br)OC1. The smallest absolute Gasteiger partial charge is 0.303 e. The molecule has 1 aliphatic rings. The summed E-state index contributed by atoms with van der Waals surface area (Å²) in [4.78, 5) is 22.1. The summed E-state index contributed by atoms with van der Waals surface area (Å²) in [5.74, 6) is -2.25. The average Bonchev–Trinajstić information content (AvgIpc) is 2.53. The van der Waals surface area contributed by atoms with Crippen LogP contribution in [0.3, 0.4) is 0 Å². The van der Waals surface area contributed by atoms with Crippen LogP contribution in [0.15, 0.2) is 22.7 Å². The molecule has 1 aromatic rings. The Hall–Kier alpha value is -1.64. The van der Waals surface area contributed by atoms with Crippen molar-refractivity contribution in [3.05, 3.63) is 28.2 Å². The number of aliphatic carboxylic acids is 2. The molecule has 1 saturated heterocycles. The van der Waals surface area contributed by atoms with E-state index in [9.17, 15) is 9.59 Å². The van der Waals surface area contributed by atoms with Gasteiger partial charge in [0.15, 0.2) is 6.29 Å². The van der Waals surface area contributed by atoms with Crippen molar-refractivity contribution in [2.45, 2.75) is 38.9 Å². The highest BCUT2D eigenvalue weighted by atomic mass is 79.9. The molecule has 2 rings (SSSR count). The lowest BCUT2D eigenvalue weighted by molar-refractivity contribution is -0.231. The molecule has 26 heavy (non-hydrogen) atoms. The fourth-order valence-electron chi connectivity index (χ4n) is 2.59. The van der Waals surface area contributed by atoms with Crippen molar-refractivity contribution >= 4 is 27.9 Å². The maximum atomic E-state index is 11.0. The lowest BCUT2D eigenvalue weighted by Crippen LogP contribution is -2.40. The summed E-state index contributed by atoms with van der Waals surface area (Å²) >= 11 is 3.39. The summed E-state index contributed by atoms with van der Waals surface area (Å²) in [6, 6.07) is 5.07. The molecule has 2 N–H and O–H groups in total. The molecule has 1 heterocycles. The molecule has 0 amide bonds. The minimum absolute atomic E-state index is 0.0299. The molecule has 7 nitrogen and oxygen atoms in total. The average molecular weight is 431 g/mol. The molecule has 1 aliphatic heterocycles. The third-order valence-electron chi connectivity index (χ3n) is 3.96. The number of hydrogen-bond acceptors (Lipinski definition) is 5. The van der Waals surface area contributed by atoms with Crippen LogP contribution in [-0.2, 0) is 19.1 Å². The number of halogens is 1. The summed E-state index contributed by atoms with van der Waals surface area (Å²) < 4.78 is 17.7. The molecule has 0 radical (unpaired) electrons. The number of ether oxygens (including phenoxy) is 3. The molecular formula is C18H23BrO7. The Morgan fingerprint density at radius 1 is 1.23 bits per heavy atom. The predicted octanol–water partition coefficient (Wildman–Crippen LogP) is 3.26. The maximum absolute atomic E-state index is 11.0. The zero-order valence-electron chi connectivity index (χ0n) is 14.7. The monoisotopic (exact) mass is 430 g/mol. The highest BCUT2D eigenvalue weighted by Gasteiger charge is 2.29. The Labute approximate surface area is 160 Å². The minimum atomic E-state index is -1.05. The van der Waals surface area contributed by atoms with Gasteiger partial charge >= 0.3 is 11.9 Å². The van der Waals surface area contributed by atoms with E-state index in [4.69, 9.17) is 24.4 Å². The summed E-state index contributed by atoms with van der Waals surface area (Å²) in [6.45, 7) is 5.42. The van der Waals surface area contributed by atoms with Crippen molar-refractivity contribution in [2.24, 2.45) is 5.41 Å². The third kappa shape index (κ3) is 6.26. The highest BCUT2D eigenvalue weighted by Crippen LogP contribution is 2.32. The van der Waals surface area contributed by atoms with E-state index in [0.717, 1.165) is 0 Å². The Morgan fingerprint density at radius 3 is 2.35 bits per heavy atom. The van der Waals surface area contributed by atoms with Gasteiger partial charge in [0.1, 0.15) is 12.4 Å². The van der Waals surface area contributed by atoms with Gasteiger partial charge in [-0.15, -0.1) is 0 Å². The fraction of sp³-hybridized carbons (Fsp3) is 0.556. The fourth-order valence-corrected chi connectivity index (χ4v) is 2.96. The van der Waals surface area contributed by atoms with E-state index in [-0.39, 0.29) is 24.9 Å². The van der Waals surface area contributed by atoms with Gasteiger partial charge in [-0.3, -0.25) is 9.59 Å². The molecule has 0 aromatic heterocycles. The van der Waals surface area contributed by atoms with E-state index in [1.54, 1.807) is 18.2 Å². The topological polar surface area (TPSA) is 102 Å². The number of carbonyl (C=O) groups is 2. The zero-order chi connectivity index (χ0) is 19.3. The Balaban J connectivity index is 2.05. The van der Waals surface area contributed by atoms with Crippen molar-refractivity contribution in [3.8, 4) is 5.75 Å². The maximum Gasteiger partial charge on any atom is 0.303 e. The predicted molar refractivity (Wildman–Crippen MR) is 96.4 cm³/mol. The second kappa shape index (κ2) is 8.83. The standard InChI is InChI=1S/C18H23BrO7/c1-18(2)9-25-17(26-10-18)8-24-14-5-11(3-4-13(14)19)12(6-15(20)21)7-16(22)23/h3-5,12,17H,6-10H2,1-2H3,(H,20,21)(H,22,23). The number of hydrogen-bond donors (Lipinski definition) is 2. The normalized spacial score (nSPS) is 17.2. The van der Waals surface area contributed by atoms with E-state index in [1.807, 2.05) is 0 Å². The lowest BCUT2D eigenvalue weighted by Gasteiger charge is -2.34. The molecular weight excluding hydrogens is 408 g/mol. The van der Waals surface area contributed by atoms with Crippen LogP contribution in [0.4, 0.5) is 0 Å². The molecule has 1 fully saturated rings. The van der Waals surface area contributed by atoms with Gasteiger partial charge < -0.3 is 24.4 Å². The molecule has 0 aliphatic carbocycles. The van der Waals surface area contributed by atoms with Crippen LogP contribution in [0.2, 0.25) is 0 Å². The van der Waals surface area contributed by atoms with E-state index >= 15 is 0 Å². The summed E-state index contributed by atoms with van der Waals surface area (Å²) in [6.07, 6.45) is -1.01. The molecule has 0 spiro atoms. The summed E-state index contributed by atoms with van der Waals surface area (Å²) in [5.41, 5.74) is 0.567. The molecule has 144 valence electrons. The van der Waals surface area contributed by atoms with Crippen LogP contribution in [0, 0.1) is 5.41 Å². The Bertz CT molecular complexity index is 633. The summed E-state index contributed by atoms with van der Waals surface area (Å²) in [5, 5.41) is 18.1. The van der Waals surface area contributed by atoms with Gasteiger partial charge in [0.2, 0.25) is 0 Å². The van der Waals surface area contributed by atoms with Gasteiger partial charge in [-0.1, -0.05) is 19.9 Å². The second-order valence-electron chi connectivity index (χ2n) is 7.11. The quantitative estimate of drug-likeness (QED) is 0.652. The van der Waals surface area contributed by atoms with Gasteiger partial charge in [0.25, 0.3) is 0 Å². The van der Waals surface area contributed by atoms with Gasteiger partial charge in [-0.25, -0.2) is 0 Å². The number of benzene rings is 1. The highest BCUT2D eigenvalue weighted by molar-refractivity contribution is 9.10. The first-order valence-electron chi connectivity index (χ1n) is 8.25. The van der Waals surface area contributed by atoms with Crippen LogP contribution < -0.4 is 4.74 Å². The number of carboxylic acids is 2. The largest absolute Gasteiger partial charge is 0.487 e. The third-order valence-corrected chi connectivity index (χ3v) is 4.62. The second-order valence-corrected chi connectivity index (χ2v) is 7.96. The van der Waals surface area contributed by atoms with Gasteiger partial charge in [0, 0.05) is 11.3 Å². The Kier molecular flexibility index (Phi) is 7.02.